The fraction of sp³-hybridized carbons (Fsp3) is 1.00. The topological polar surface area (TPSA) is 12.0 Å². The molecule has 0 unspecified atom stereocenters. The predicted octanol–water partition coefficient (Wildman–Crippen LogP) is 2.13. The highest BCUT2D eigenvalue weighted by Gasteiger charge is 2.18. The average Bonchev–Trinajstić information content (AvgIpc) is 2.46. The molecular formula is C10H19NS. The Morgan fingerprint density at radius 2 is 1.67 bits per heavy atom. The highest BCUT2D eigenvalue weighted by Crippen LogP contribution is 2.28. The van der Waals surface area contributed by atoms with Gasteiger partial charge in [-0.3, -0.25) is 0 Å². The lowest BCUT2D eigenvalue weighted by molar-refractivity contribution is 0.385. The van der Waals surface area contributed by atoms with E-state index in [0.717, 1.165) is 11.8 Å². The van der Waals surface area contributed by atoms with Crippen molar-refractivity contribution in [3.05, 3.63) is 0 Å². The third-order valence-electron chi connectivity index (χ3n) is 3.05. The molecule has 12 heavy (non-hydrogen) atoms. The summed E-state index contributed by atoms with van der Waals surface area (Å²) in [4.78, 5) is 0. The molecule has 0 radical (unpaired) electrons. The Kier molecular flexibility index (Phi) is 3.35. The normalized spacial score (nSPS) is 26.0. The van der Waals surface area contributed by atoms with Gasteiger partial charge in [-0.15, -0.1) is 0 Å². The van der Waals surface area contributed by atoms with Crippen molar-refractivity contribution in [1.82, 2.24) is 5.32 Å². The van der Waals surface area contributed by atoms with E-state index in [1.807, 2.05) is 0 Å². The average molecular weight is 185 g/mol. The molecule has 1 saturated carbocycles. The van der Waals surface area contributed by atoms with Crippen LogP contribution in [0.25, 0.3) is 0 Å². The van der Waals surface area contributed by atoms with Gasteiger partial charge in [0.1, 0.15) is 0 Å². The smallest absolute Gasteiger partial charge is 0.0000326 e. The summed E-state index contributed by atoms with van der Waals surface area (Å²) in [7, 11) is 0. The van der Waals surface area contributed by atoms with Crippen LogP contribution in [0.15, 0.2) is 0 Å². The van der Waals surface area contributed by atoms with Crippen LogP contribution in [-0.2, 0) is 0 Å². The molecule has 2 aliphatic rings. The van der Waals surface area contributed by atoms with E-state index in [9.17, 15) is 0 Å². The number of hydrogen-bond acceptors (Lipinski definition) is 2. The first-order valence-electron chi connectivity index (χ1n) is 5.23. The maximum Gasteiger partial charge on any atom is -0.0000326 e. The second-order valence-corrected chi connectivity index (χ2v) is 5.29. The predicted molar refractivity (Wildman–Crippen MR) is 55.6 cm³/mol. The fourth-order valence-electron chi connectivity index (χ4n) is 2.04. The molecule has 2 heteroatoms. The van der Waals surface area contributed by atoms with Gasteiger partial charge in [-0.1, -0.05) is 12.8 Å². The number of thioether (sulfide) groups is 1. The van der Waals surface area contributed by atoms with Crippen LogP contribution in [0.3, 0.4) is 0 Å². The van der Waals surface area contributed by atoms with Crippen LogP contribution in [0.5, 0.6) is 0 Å². The van der Waals surface area contributed by atoms with Gasteiger partial charge in [-0.25, -0.2) is 0 Å². The molecule has 70 valence electrons. The summed E-state index contributed by atoms with van der Waals surface area (Å²) >= 11 is 2.19. The monoisotopic (exact) mass is 185 g/mol. The second-order valence-electron chi connectivity index (χ2n) is 4.21. The number of rotatable bonds is 4. The Hall–Kier alpha value is 0.310. The summed E-state index contributed by atoms with van der Waals surface area (Å²) in [5.41, 5.74) is 0. The van der Waals surface area contributed by atoms with Crippen LogP contribution < -0.4 is 5.32 Å². The molecule has 2 rings (SSSR count). The van der Waals surface area contributed by atoms with E-state index in [2.05, 4.69) is 17.1 Å². The van der Waals surface area contributed by atoms with Crippen molar-refractivity contribution in [3.8, 4) is 0 Å². The molecule has 0 spiro atoms. The first-order valence-corrected chi connectivity index (χ1v) is 6.39. The highest BCUT2D eigenvalue weighted by atomic mass is 32.2. The Balaban J connectivity index is 1.49. The molecule has 0 aromatic carbocycles. The molecule has 0 atom stereocenters. The SMILES string of the molecule is C1CCC(CSCC2CNC2)C1. The minimum absolute atomic E-state index is 0.997. The Bertz CT molecular complexity index is 128. The lowest BCUT2D eigenvalue weighted by Crippen LogP contribution is -2.43. The van der Waals surface area contributed by atoms with E-state index in [0.29, 0.717) is 0 Å². The largest absolute Gasteiger partial charge is 0.316 e. The third kappa shape index (κ3) is 2.40. The van der Waals surface area contributed by atoms with Crippen LogP contribution in [0.4, 0.5) is 0 Å². The molecule has 0 amide bonds. The Labute approximate surface area is 79.7 Å². The van der Waals surface area contributed by atoms with Crippen molar-refractivity contribution < 1.29 is 0 Å². The van der Waals surface area contributed by atoms with Gasteiger partial charge in [0.2, 0.25) is 0 Å². The van der Waals surface area contributed by atoms with E-state index in [-0.39, 0.29) is 0 Å². The number of nitrogens with one attached hydrogen (secondary N) is 1. The van der Waals surface area contributed by atoms with Crippen molar-refractivity contribution in [2.45, 2.75) is 25.7 Å². The van der Waals surface area contributed by atoms with Crippen LogP contribution >= 0.6 is 11.8 Å². The summed E-state index contributed by atoms with van der Waals surface area (Å²) in [5, 5.41) is 3.33. The summed E-state index contributed by atoms with van der Waals surface area (Å²) in [6, 6.07) is 0. The Morgan fingerprint density at radius 1 is 1.00 bits per heavy atom. The van der Waals surface area contributed by atoms with Gasteiger partial charge in [0, 0.05) is 0 Å². The van der Waals surface area contributed by atoms with Crippen LogP contribution in [0.1, 0.15) is 25.7 Å². The molecule has 0 bridgehead atoms. The number of hydrogen-bond donors (Lipinski definition) is 1. The van der Waals surface area contributed by atoms with E-state index in [1.165, 1.54) is 50.3 Å². The maximum absolute atomic E-state index is 3.33. The molecule has 1 aliphatic carbocycles. The minimum atomic E-state index is 0.997. The minimum Gasteiger partial charge on any atom is -0.316 e. The van der Waals surface area contributed by atoms with Gasteiger partial charge < -0.3 is 5.32 Å². The summed E-state index contributed by atoms with van der Waals surface area (Å²) < 4.78 is 0. The van der Waals surface area contributed by atoms with Gasteiger partial charge >= 0.3 is 0 Å². The zero-order valence-corrected chi connectivity index (χ0v) is 8.54. The maximum atomic E-state index is 3.33. The van der Waals surface area contributed by atoms with Crippen molar-refractivity contribution in [3.63, 3.8) is 0 Å². The summed E-state index contributed by atoms with van der Waals surface area (Å²) in [6.45, 7) is 2.55. The summed E-state index contributed by atoms with van der Waals surface area (Å²) in [5.74, 6) is 4.92. The molecule has 0 aromatic heterocycles. The van der Waals surface area contributed by atoms with E-state index >= 15 is 0 Å². The molecule has 2 fully saturated rings. The van der Waals surface area contributed by atoms with Crippen LogP contribution in [-0.4, -0.2) is 24.6 Å². The van der Waals surface area contributed by atoms with Gasteiger partial charge in [0.25, 0.3) is 0 Å². The van der Waals surface area contributed by atoms with Gasteiger partial charge in [0.15, 0.2) is 0 Å². The third-order valence-corrected chi connectivity index (χ3v) is 4.46. The molecule has 1 N–H and O–H groups in total. The van der Waals surface area contributed by atoms with Gasteiger partial charge in [-0.2, -0.15) is 11.8 Å². The van der Waals surface area contributed by atoms with Gasteiger partial charge in [0.05, 0.1) is 0 Å². The second kappa shape index (κ2) is 4.52. The van der Waals surface area contributed by atoms with E-state index in [1.54, 1.807) is 0 Å². The molecule has 0 aromatic rings. The zero-order chi connectivity index (χ0) is 8.23. The lowest BCUT2D eigenvalue weighted by Gasteiger charge is -2.26. The fourth-order valence-corrected chi connectivity index (χ4v) is 3.42. The van der Waals surface area contributed by atoms with E-state index in [4.69, 9.17) is 0 Å². The van der Waals surface area contributed by atoms with Gasteiger partial charge in [-0.05, 0) is 49.3 Å². The quantitative estimate of drug-likeness (QED) is 0.720. The summed E-state index contributed by atoms with van der Waals surface area (Å²) in [6.07, 6.45) is 6.01. The van der Waals surface area contributed by atoms with Crippen molar-refractivity contribution in [1.29, 1.82) is 0 Å². The first-order chi connectivity index (χ1) is 5.95. The molecule has 1 heterocycles. The van der Waals surface area contributed by atoms with Crippen molar-refractivity contribution in [2.75, 3.05) is 24.6 Å². The van der Waals surface area contributed by atoms with Crippen LogP contribution in [0.2, 0.25) is 0 Å². The van der Waals surface area contributed by atoms with Crippen molar-refractivity contribution >= 4 is 11.8 Å². The molecule has 1 aliphatic heterocycles. The molecule has 1 nitrogen and oxygen atoms in total. The molecule has 1 saturated heterocycles. The van der Waals surface area contributed by atoms with Crippen LogP contribution in [0, 0.1) is 11.8 Å². The Morgan fingerprint density at radius 3 is 2.25 bits per heavy atom. The zero-order valence-electron chi connectivity index (χ0n) is 7.72. The standard InChI is InChI=1S/C10H19NS/c1-2-4-9(3-1)7-12-8-10-5-11-6-10/h9-11H,1-8H2. The first kappa shape index (κ1) is 8.89. The molecular weight excluding hydrogens is 166 g/mol. The lowest BCUT2D eigenvalue weighted by atomic mass is 10.1. The van der Waals surface area contributed by atoms with Crippen molar-refractivity contribution in [2.24, 2.45) is 11.8 Å². The van der Waals surface area contributed by atoms with E-state index < -0.39 is 0 Å². The highest BCUT2D eigenvalue weighted by molar-refractivity contribution is 7.99.